The molecule has 0 bridgehead atoms. The van der Waals surface area contributed by atoms with Crippen molar-refractivity contribution in [1.29, 1.82) is 0 Å². The van der Waals surface area contributed by atoms with E-state index in [0.717, 1.165) is 12.5 Å². The van der Waals surface area contributed by atoms with E-state index >= 15 is 0 Å². The standard InChI is InChI=1S/C13H19FN2O3S/c1-13(19-2)7-4-8-16(9-13)20(17,18)12-10(14)5-3-6-11(12)15/h3,5-6H,4,7-9,15H2,1-2H3. The molecule has 1 saturated heterocycles. The van der Waals surface area contributed by atoms with Crippen molar-refractivity contribution in [3.8, 4) is 0 Å². The number of anilines is 1. The van der Waals surface area contributed by atoms with E-state index in [-0.39, 0.29) is 12.2 Å². The number of rotatable bonds is 3. The van der Waals surface area contributed by atoms with E-state index in [2.05, 4.69) is 0 Å². The molecule has 1 aliphatic rings. The zero-order valence-corrected chi connectivity index (χ0v) is 12.4. The molecular weight excluding hydrogens is 283 g/mol. The zero-order chi connectivity index (χ0) is 15.0. The maximum absolute atomic E-state index is 13.9. The second-order valence-electron chi connectivity index (χ2n) is 5.25. The van der Waals surface area contributed by atoms with Gasteiger partial charge < -0.3 is 10.5 Å². The fourth-order valence-corrected chi connectivity index (χ4v) is 4.21. The van der Waals surface area contributed by atoms with Gasteiger partial charge in [-0.05, 0) is 31.9 Å². The molecule has 1 unspecified atom stereocenters. The minimum Gasteiger partial charge on any atom is -0.398 e. The van der Waals surface area contributed by atoms with Gasteiger partial charge in [-0.3, -0.25) is 0 Å². The predicted octanol–water partition coefficient (Wildman–Crippen LogP) is 1.60. The molecule has 0 aliphatic carbocycles. The zero-order valence-electron chi connectivity index (χ0n) is 11.6. The Morgan fingerprint density at radius 3 is 2.75 bits per heavy atom. The summed E-state index contributed by atoms with van der Waals surface area (Å²) in [4.78, 5) is -0.444. The van der Waals surface area contributed by atoms with E-state index in [9.17, 15) is 12.8 Å². The van der Waals surface area contributed by atoms with Crippen molar-refractivity contribution >= 4 is 15.7 Å². The average Bonchev–Trinajstić information content (AvgIpc) is 2.38. The smallest absolute Gasteiger partial charge is 0.248 e. The highest BCUT2D eigenvalue weighted by Crippen LogP contribution is 2.31. The van der Waals surface area contributed by atoms with E-state index < -0.39 is 26.3 Å². The summed E-state index contributed by atoms with van der Waals surface area (Å²) in [5.74, 6) is -0.824. The molecule has 1 aromatic rings. The van der Waals surface area contributed by atoms with Crippen LogP contribution in [0.3, 0.4) is 0 Å². The first-order chi connectivity index (χ1) is 9.30. The number of hydrogen-bond donors (Lipinski definition) is 1. The van der Waals surface area contributed by atoms with E-state index in [1.54, 1.807) is 7.11 Å². The predicted molar refractivity (Wildman–Crippen MR) is 74.2 cm³/mol. The van der Waals surface area contributed by atoms with Crippen LogP contribution in [0.4, 0.5) is 10.1 Å². The molecule has 0 amide bonds. The van der Waals surface area contributed by atoms with Crippen LogP contribution in [0.5, 0.6) is 0 Å². The van der Waals surface area contributed by atoms with Crippen molar-refractivity contribution < 1.29 is 17.5 Å². The van der Waals surface area contributed by atoms with Crippen LogP contribution >= 0.6 is 0 Å². The number of benzene rings is 1. The maximum atomic E-state index is 13.9. The largest absolute Gasteiger partial charge is 0.398 e. The van der Waals surface area contributed by atoms with Crippen LogP contribution in [0.25, 0.3) is 0 Å². The van der Waals surface area contributed by atoms with E-state index in [1.165, 1.54) is 16.4 Å². The van der Waals surface area contributed by atoms with Crippen LogP contribution in [-0.2, 0) is 14.8 Å². The highest BCUT2D eigenvalue weighted by molar-refractivity contribution is 7.89. The molecule has 2 rings (SSSR count). The Morgan fingerprint density at radius 1 is 1.45 bits per heavy atom. The normalized spacial score (nSPS) is 24.8. The summed E-state index contributed by atoms with van der Waals surface area (Å²) in [6, 6.07) is 3.87. The van der Waals surface area contributed by atoms with Crippen LogP contribution in [0, 0.1) is 5.82 Å². The summed E-state index contributed by atoms with van der Waals surface area (Å²) >= 11 is 0. The van der Waals surface area contributed by atoms with Gasteiger partial charge >= 0.3 is 0 Å². The van der Waals surface area contributed by atoms with Crippen molar-refractivity contribution in [2.75, 3.05) is 25.9 Å². The number of methoxy groups -OCH3 is 1. The third-order valence-corrected chi connectivity index (χ3v) is 5.65. The van der Waals surface area contributed by atoms with Gasteiger partial charge in [-0.2, -0.15) is 4.31 Å². The lowest BCUT2D eigenvalue weighted by molar-refractivity contribution is -0.0319. The second-order valence-corrected chi connectivity index (χ2v) is 7.13. The third-order valence-electron chi connectivity index (χ3n) is 3.71. The highest BCUT2D eigenvalue weighted by atomic mass is 32.2. The lowest BCUT2D eigenvalue weighted by Crippen LogP contribution is -2.49. The first kappa shape index (κ1) is 15.2. The number of halogens is 1. The Labute approximate surface area is 118 Å². The SMILES string of the molecule is COC1(C)CCCN(S(=O)(=O)c2c(N)cccc2F)C1. The Balaban J connectivity index is 2.40. The third kappa shape index (κ3) is 2.65. The molecule has 20 heavy (non-hydrogen) atoms. The van der Waals surface area contributed by atoms with Crippen LogP contribution in [0.15, 0.2) is 23.1 Å². The van der Waals surface area contributed by atoms with Crippen LogP contribution in [0.2, 0.25) is 0 Å². The molecule has 1 heterocycles. The Kier molecular flexibility index (Phi) is 4.04. The first-order valence-corrected chi connectivity index (χ1v) is 7.83. The van der Waals surface area contributed by atoms with Crippen LogP contribution < -0.4 is 5.73 Å². The van der Waals surface area contributed by atoms with Crippen molar-refractivity contribution in [3.05, 3.63) is 24.0 Å². The van der Waals surface area contributed by atoms with Crippen LogP contribution in [-0.4, -0.2) is 38.5 Å². The van der Waals surface area contributed by atoms with Gasteiger partial charge in [0, 0.05) is 20.2 Å². The van der Waals surface area contributed by atoms with Crippen molar-refractivity contribution in [1.82, 2.24) is 4.31 Å². The summed E-state index contributed by atoms with van der Waals surface area (Å²) in [7, 11) is -2.40. The monoisotopic (exact) mass is 302 g/mol. The van der Waals surface area contributed by atoms with Gasteiger partial charge in [0.15, 0.2) is 0 Å². The number of hydrogen-bond acceptors (Lipinski definition) is 4. The minimum absolute atomic E-state index is 0.0744. The highest BCUT2D eigenvalue weighted by Gasteiger charge is 2.38. The number of sulfonamides is 1. The Bertz CT molecular complexity index is 585. The summed E-state index contributed by atoms with van der Waals surface area (Å²) in [6.45, 7) is 2.38. The van der Waals surface area contributed by atoms with Gasteiger partial charge in [0.1, 0.15) is 10.7 Å². The summed E-state index contributed by atoms with van der Waals surface area (Å²) in [5, 5.41) is 0. The molecule has 0 aromatic heterocycles. The lowest BCUT2D eigenvalue weighted by atomic mass is 9.96. The summed E-state index contributed by atoms with van der Waals surface area (Å²) in [6.07, 6.45) is 1.43. The molecule has 7 heteroatoms. The maximum Gasteiger partial charge on any atom is 0.248 e. The van der Waals surface area contributed by atoms with Crippen molar-refractivity contribution in [2.45, 2.75) is 30.3 Å². The fourth-order valence-electron chi connectivity index (χ4n) is 2.46. The molecule has 112 valence electrons. The number of nitrogens with two attached hydrogens (primary N) is 1. The number of ether oxygens (including phenoxy) is 1. The molecule has 1 fully saturated rings. The molecular formula is C13H19FN2O3S. The first-order valence-electron chi connectivity index (χ1n) is 6.39. The van der Waals surface area contributed by atoms with Gasteiger partial charge in [0.25, 0.3) is 0 Å². The minimum atomic E-state index is -3.95. The van der Waals surface area contributed by atoms with Gasteiger partial charge in [-0.15, -0.1) is 0 Å². The van der Waals surface area contributed by atoms with E-state index in [4.69, 9.17) is 10.5 Å². The molecule has 5 nitrogen and oxygen atoms in total. The van der Waals surface area contributed by atoms with Gasteiger partial charge in [0.05, 0.1) is 11.3 Å². The van der Waals surface area contributed by atoms with Crippen LogP contribution in [0.1, 0.15) is 19.8 Å². The molecule has 2 N–H and O–H groups in total. The molecule has 1 aliphatic heterocycles. The second kappa shape index (κ2) is 5.31. The van der Waals surface area contributed by atoms with Crippen molar-refractivity contribution in [2.24, 2.45) is 0 Å². The van der Waals surface area contributed by atoms with E-state index in [0.29, 0.717) is 13.0 Å². The molecule has 1 atom stereocenters. The number of nitrogens with zero attached hydrogens (tertiary/aromatic N) is 1. The van der Waals surface area contributed by atoms with Crippen molar-refractivity contribution in [3.63, 3.8) is 0 Å². The molecule has 0 radical (unpaired) electrons. The summed E-state index contributed by atoms with van der Waals surface area (Å²) in [5.41, 5.74) is 5.01. The fraction of sp³-hybridized carbons (Fsp3) is 0.538. The number of nitrogen functional groups attached to an aromatic ring is 1. The Hall–Kier alpha value is -1.18. The van der Waals surface area contributed by atoms with Gasteiger partial charge in [-0.25, -0.2) is 12.8 Å². The number of piperidine rings is 1. The molecule has 0 spiro atoms. The van der Waals surface area contributed by atoms with Gasteiger partial charge in [-0.1, -0.05) is 6.07 Å². The molecule has 0 saturated carbocycles. The topological polar surface area (TPSA) is 72.6 Å². The Morgan fingerprint density at radius 2 is 2.15 bits per heavy atom. The average molecular weight is 302 g/mol. The molecule has 1 aromatic carbocycles. The summed E-state index contributed by atoms with van der Waals surface area (Å²) < 4.78 is 45.6. The van der Waals surface area contributed by atoms with Gasteiger partial charge in [0.2, 0.25) is 10.0 Å². The lowest BCUT2D eigenvalue weighted by Gasteiger charge is -2.38. The van der Waals surface area contributed by atoms with E-state index in [1.807, 2.05) is 6.92 Å². The quantitative estimate of drug-likeness (QED) is 0.861.